The molecule has 0 radical (unpaired) electrons. The van der Waals surface area contributed by atoms with Crippen LogP contribution in [-0.4, -0.2) is 55.5 Å². The third kappa shape index (κ3) is 6.13. The number of H-pyrrole nitrogens is 1. The number of anilines is 2. The summed E-state index contributed by atoms with van der Waals surface area (Å²) in [6.07, 6.45) is 4.88. The Labute approximate surface area is 188 Å². The fourth-order valence-electron chi connectivity index (χ4n) is 3.75. The van der Waals surface area contributed by atoms with Crippen molar-refractivity contribution >= 4 is 11.8 Å². The number of unbranched alkanes of at least 4 members (excludes halogenated alkanes) is 1. The molecule has 1 atom stereocenters. The van der Waals surface area contributed by atoms with Gasteiger partial charge in [0.1, 0.15) is 11.6 Å². The number of nitrogens with one attached hydrogen (secondary N) is 2. The molecule has 0 amide bonds. The fourth-order valence-corrected chi connectivity index (χ4v) is 3.75. The lowest BCUT2D eigenvalue weighted by Gasteiger charge is -2.22. The van der Waals surface area contributed by atoms with Gasteiger partial charge < -0.3 is 20.9 Å². The first kappa shape index (κ1) is 23.4. The van der Waals surface area contributed by atoms with E-state index < -0.39 is 0 Å². The highest BCUT2D eigenvalue weighted by Crippen LogP contribution is 2.29. The SMILES string of the molecule is CCCC[C@@H](CCO)Nc1nc(N)nc(C)c1Cc1cc(Cc2nn[nH]n2)ccc1OC. The van der Waals surface area contributed by atoms with E-state index in [2.05, 4.69) is 48.9 Å². The predicted molar refractivity (Wildman–Crippen MR) is 123 cm³/mol. The van der Waals surface area contributed by atoms with Gasteiger partial charge in [-0.1, -0.05) is 37.1 Å². The summed E-state index contributed by atoms with van der Waals surface area (Å²) in [5.74, 6) is 2.33. The highest BCUT2D eigenvalue weighted by molar-refractivity contribution is 5.54. The first-order valence-electron chi connectivity index (χ1n) is 10.9. The number of aliphatic hydroxyl groups excluding tert-OH is 1. The monoisotopic (exact) mass is 440 g/mol. The van der Waals surface area contributed by atoms with Crippen molar-refractivity contribution in [1.82, 2.24) is 30.6 Å². The zero-order chi connectivity index (χ0) is 22.9. The molecule has 32 heavy (non-hydrogen) atoms. The minimum absolute atomic E-state index is 0.110. The highest BCUT2D eigenvalue weighted by atomic mass is 16.5. The number of nitrogens with two attached hydrogens (primary N) is 1. The zero-order valence-corrected chi connectivity index (χ0v) is 18.9. The molecule has 0 unspecified atom stereocenters. The molecule has 0 saturated carbocycles. The number of nitrogens with zero attached hydrogens (tertiary/aromatic N) is 5. The van der Waals surface area contributed by atoms with Gasteiger partial charge >= 0.3 is 0 Å². The number of aromatic nitrogens is 6. The number of rotatable bonds is 12. The predicted octanol–water partition coefficient (Wildman–Crippen LogP) is 2.42. The number of aliphatic hydroxyl groups is 1. The molecular formula is C22H32N8O2. The number of aryl methyl sites for hydroxylation is 1. The Morgan fingerprint density at radius 1 is 1.22 bits per heavy atom. The van der Waals surface area contributed by atoms with Crippen LogP contribution in [-0.2, 0) is 12.8 Å². The van der Waals surface area contributed by atoms with Gasteiger partial charge in [0.25, 0.3) is 0 Å². The van der Waals surface area contributed by atoms with Crippen molar-refractivity contribution in [2.45, 2.75) is 58.4 Å². The Bertz CT molecular complexity index is 994. The number of methoxy groups -OCH3 is 1. The number of ether oxygens (including phenoxy) is 1. The van der Waals surface area contributed by atoms with Crippen LogP contribution in [0.3, 0.4) is 0 Å². The van der Waals surface area contributed by atoms with Crippen LogP contribution in [0.25, 0.3) is 0 Å². The molecule has 1 aromatic carbocycles. The number of hydrogen-bond donors (Lipinski definition) is 4. The average Bonchev–Trinajstić information content (AvgIpc) is 3.28. The summed E-state index contributed by atoms with van der Waals surface area (Å²) in [7, 11) is 1.66. The van der Waals surface area contributed by atoms with Crippen LogP contribution in [0.15, 0.2) is 18.2 Å². The van der Waals surface area contributed by atoms with Crippen molar-refractivity contribution in [3.63, 3.8) is 0 Å². The minimum Gasteiger partial charge on any atom is -0.496 e. The second-order valence-corrected chi connectivity index (χ2v) is 7.82. The van der Waals surface area contributed by atoms with Gasteiger partial charge in [-0.2, -0.15) is 10.2 Å². The van der Waals surface area contributed by atoms with Crippen molar-refractivity contribution in [3.05, 3.63) is 46.4 Å². The third-order valence-electron chi connectivity index (χ3n) is 5.42. The smallest absolute Gasteiger partial charge is 0.222 e. The van der Waals surface area contributed by atoms with Crippen LogP contribution in [0.5, 0.6) is 5.75 Å². The number of benzene rings is 1. The summed E-state index contributed by atoms with van der Waals surface area (Å²) in [6, 6.07) is 6.13. The lowest BCUT2D eigenvalue weighted by Crippen LogP contribution is -2.23. The van der Waals surface area contributed by atoms with Gasteiger partial charge in [-0.05, 0) is 37.0 Å². The molecule has 10 nitrogen and oxygen atoms in total. The summed E-state index contributed by atoms with van der Waals surface area (Å²) in [6.45, 7) is 4.20. The van der Waals surface area contributed by atoms with Gasteiger partial charge in [0.15, 0.2) is 5.82 Å². The summed E-state index contributed by atoms with van der Waals surface area (Å²) < 4.78 is 5.62. The van der Waals surface area contributed by atoms with Crippen LogP contribution < -0.4 is 15.8 Å². The molecule has 0 aliphatic heterocycles. The molecule has 2 aromatic heterocycles. The van der Waals surface area contributed by atoms with Crippen molar-refractivity contribution in [1.29, 1.82) is 0 Å². The van der Waals surface area contributed by atoms with Crippen molar-refractivity contribution < 1.29 is 9.84 Å². The largest absolute Gasteiger partial charge is 0.496 e. The van der Waals surface area contributed by atoms with Gasteiger partial charge in [-0.3, -0.25) is 0 Å². The molecule has 3 rings (SSSR count). The first-order valence-corrected chi connectivity index (χ1v) is 10.9. The highest BCUT2D eigenvalue weighted by Gasteiger charge is 2.18. The second-order valence-electron chi connectivity index (χ2n) is 7.82. The number of hydrogen-bond acceptors (Lipinski definition) is 9. The normalized spacial score (nSPS) is 12.0. The van der Waals surface area contributed by atoms with Gasteiger partial charge in [0.05, 0.1) is 7.11 Å². The van der Waals surface area contributed by atoms with Crippen LogP contribution in [0.1, 0.15) is 60.8 Å². The maximum atomic E-state index is 9.50. The minimum atomic E-state index is 0.110. The van der Waals surface area contributed by atoms with E-state index >= 15 is 0 Å². The van der Waals surface area contributed by atoms with Gasteiger partial charge in [-0.15, -0.1) is 10.2 Å². The van der Waals surface area contributed by atoms with Gasteiger partial charge in [0.2, 0.25) is 5.95 Å². The molecule has 0 bridgehead atoms. The topological polar surface area (TPSA) is 148 Å². The summed E-state index contributed by atoms with van der Waals surface area (Å²) in [5, 5.41) is 27.2. The van der Waals surface area contributed by atoms with E-state index in [-0.39, 0.29) is 18.6 Å². The lowest BCUT2D eigenvalue weighted by molar-refractivity contribution is 0.276. The molecule has 0 aliphatic carbocycles. The number of tetrazole rings is 1. The molecule has 0 spiro atoms. The Hall–Kier alpha value is -3.27. The standard InChI is InChI=1S/C22H32N8O2/c1-4-5-6-17(9-10-31)25-21-18(14(2)24-22(23)26-21)13-16-11-15(7-8-19(16)32-3)12-20-27-29-30-28-20/h7-8,11,17,31H,4-6,9-10,12-13H2,1-3H3,(H3,23,24,25,26)(H,27,28,29,30)/t17-/m0/s1. The Morgan fingerprint density at radius 3 is 2.75 bits per heavy atom. The molecule has 2 heterocycles. The Morgan fingerprint density at radius 2 is 2.06 bits per heavy atom. The van der Waals surface area contributed by atoms with Crippen molar-refractivity contribution in [2.24, 2.45) is 0 Å². The molecule has 10 heteroatoms. The summed E-state index contributed by atoms with van der Waals surface area (Å²) in [4.78, 5) is 8.89. The van der Waals surface area contributed by atoms with E-state index in [0.717, 1.165) is 47.4 Å². The van der Waals surface area contributed by atoms with E-state index in [0.29, 0.717) is 30.9 Å². The Balaban J connectivity index is 1.92. The van der Waals surface area contributed by atoms with E-state index in [1.165, 1.54) is 0 Å². The van der Waals surface area contributed by atoms with Crippen LogP contribution in [0, 0.1) is 6.92 Å². The molecule has 3 aromatic rings. The summed E-state index contributed by atoms with van der Waals surface area (Å²) in [5.41, 5.74) is 9.78. The maximum absolute atomic E-state index is 9.50. The van der Waals surface area contributed by atoms with Gasteiger partial charge in [0, 0.05) is 36.7 Å². The van der Waals surface area contributed by atoms with E-state index in [4.69, 9.17) is 10.5 Å². The Kier molecular flexibility index (Phi) is 8.32. The molecule has 172 valence electrons. The lowest BCUT2D eigenvalue weighted by atomic mass is 9.99. The quantitative estimate of drug-likeness (QED) is 0.333. The molecule has 0 fully saturated rings. The fraction of sp³-hybridized carbons (Fsp3) is 0.500. The van der Waals surface area contributed by atoms with Gasteiger partial charge in [-0.25, -0.2) is 4.98 Å². The molecule has 5 N–H and O–H groups in total. The molecule has 0 aliphatic rings. The third-order valence-corrected chi connectivity index (χ3v) is 5.42. The first-order chi connectivity index (χ1) is 15.5. The second kappa shape index (κ2) is 11.4. The van der Waals surface area contributed by atoms with Crippen molar-refractivity contribution in [2.75, 3.05) is 24.8 Å². The number of aromatic amines is 1. The van der Waals surface area contributed by atoms with Crippen molar-refractivity contribution in [3.8, 4) is 5.75 Å². The number of nitrogen functional groups attached to an aromatic ring is 1. The van der Waals surface area contributed by atoms with Crippen LogP contribution in [0.2, 0.25) is 0 Å². The summed E-state index contributed by atoms with van der Waals surface area (Å²) >= 11 is 0. The van der Waals surface area contributed by atoms with Crippen LogP contribution in [0.4, 0.5) is 11.8 Å². The van der Waals surface area contributed by atoms with Crippen LogP contribution >= 0.6 is 0 Å². The average molecular weight is 441 g/mol. The van der Waals surface area contributed by atoms with E-state index in [9.17, 15) is 5.11 Å². The maximum Gasteiger partial charge on any atom is 0.222 e. The molecule has 0 saturated heterocycles. The zero-order valence-electron chi connectivity index (χ0n) is 18.9. The molecular weight excluding hydrogens is 408 g/mol. The van der Waals surface area contributed by atoms with E-state index in [1.807, 2.05) is 19.1 Å². The van der Waals surface area contributed by atoms with E-state index in [1.54, 1.807) is 7.11 Å².